The molecule has 1 N–H and O–H groups in total. The van der Waals surface area contributed by atoms with Gasteiger partial charge in [0.05, 0.1) is 19.6 Å². The van der Waals surface area contributed by atoms with Crippen molar-refractivity contribution in [3.05, 3.63) is 29.8 Å². The fraction of sp³-hybridized carbons (Fsp3) is 0.462. The van der Waals surface area contributed by atoms with Gasteiger partial charge in [-0.05, 0) is 38.4 Å². The molecule has 0 aliphatic carbocycles. The van der Waals surface area contributed by atoms with Crippen molar-refractivity contribution < 1.29 is 14.6 Å². The lowest BCUT2D eigenvalue weighted by atomic mass is 9.98. The van der Waals surface area contributed by atoms with E-state index in [-0.39, 0.29) is 30.7 Å². The smallest absolute Gasteiger partial charge is 0.169 e. The molecule has 1 rings (SSSR count). The van der Waals surface area contributed by atoms with Crippen LogP contribution < -0.4 is 4.74 Å². The van der Waals surface area contributed by atoms with Crippen LogP contribution in [0.15, 0.2) is 24.3 Å². The number of hydrogen-bond donors (Lipinski definition) is 1. The summed E-state index contributed by atoms with van der Waals surface area (Å²) in [4.78, 5) is 14.0. The summed E-state index contributed by atoms with van der Waals surface area (Å²) < 4.78 is 5.03. The highest BCUT2D eigenvalue weighted by molar-refractivity contribution is 5.98. The molecule has 0 aromatic heterocycles. The van der Waals surface area contributed by atoms with Gasteiger partial charge >= 0.3 is 0 Å². The lowest BCUT2D eigenvalue weighted by molar-refractivity contribution is 0.0826. The van der Waals surface area contributed by atoms with Gasteiger partial charge in [0.1, 0.15) is 5.75 Å². The standard InChI is InChI=1S/C13H19NO3.ClH/c1-14(2)8-11(9-15)13(16)10-4-6-12(17-3)7-5-10;/h4-7,11,15H,8-9H2,1-3H3;1H. The van der Waals surface area contributed by atoms with Gasteiger partial charge in [0.2, 0.25) is 0 Å². The van der Waals surface area contributed by atoms with E-state index in [2.05, 4.69) is 0 Å². The van der Waals surface area contributed by atoms with E-state index < -0.39 is 0 Å². The maximum Gasteiger partial charge on any atom is 0.169 e. The van der Waals surface area contributed by atoms with E-state index in [1.807, 2.05) is 19.0 Å². The molecule has 5 heteroatoms. The van der Waals surface area contributed by atoms with Gasteiger partial charge in [-0.15, -0.1) is 12.4 Å². The Balaban J connectivity index is 0.00000289. The molecule has 0 saturated carbocycles. The third-order valence-electron chi connectivity index (χ3n) is 2.55. The largest absolute Gasteiger partial charge is 0.497 e. The molecule has 1 unspecified atom stereocenters. The van der Waals surface area contributed by atoms with Crippen LogP contribution >= 0.6 is 12.4 Å². The molecule has 0 fully saturated rings. The van der Waals surface area contributed by atoms with Crippen molar-refractivity contribution in [2.75, 3.05) is 34.4 Å². The molecule has 102 valence electrons. The molecule has 1 aromatic carbocycles. The van der Waals surface area contributed by atoms with Crippen LogP contribution in [0, 0.1) is 5.92 Å². The van der Waals surface area contributed by atoms with Crippen LogP contribution in [0.5, 0.6) is 5.75 Å². The van der Waals surface area contributed by atoms with Crippen molar-refractivity contribution in [2.45, 2.75) is 0 Å². The number of rotatable bonds is 6. The SMILES string of the molecule is COc1ccc(C(=O)C(CO)CN(C)C)cc1.Cl. The maximum atomic E-state index is 12.1. The van der Waals surface area contributed by atoms with Gasteiger partial charge in [0.25, 0.3) is 0 Å². The average Bonchev–Trinajstić information content (AvgIpc) is 2.35. The van der Waals surface area contributed by atoms with Crippen LogP contribution in [0.1, 0.15) is 10.4 Å². The summed E-state index contributed by atoms with van der Waals surface area (Å²) in [5.74, 6) is 0.303. The van der Waals surface area contributed by atoms with E-state index in [1.54, 1.807) is 31.4 Å². The number of ether oxygens (including phenoxy) is 1. The molecule has 0 aliphatic rings. The number of ketones is 1. The molecule has 0 radical (unpaired) electrons. The molecule has 0 spiro atoms. The number of aliphatic hydroxyl groups excluding tert-OH is 1. The van der Waals surface area contributed by atoms with E-state index in [0.29, 0.717) is 12.1 Å². The van der Waals surface area contributed by atoms with Crippen molar-refractivity contribution in [1.82, 2.24) is 4.90 Å². The van der Waals surface area contributed by atoms with E-state index in [4.69, 9.17) is 4.74 Å². The third-order valence-corrected chi connectivity index (χ3v) is 2.55. The Hall–Kier alpha value is -1.10. The first-order valence-corrected chi connectivity index (χ1v) is 5.52. The molecular weight excluding hydrogens is 254 g/mol. The Morgan fingerprint density at radius 2 is 1.89 bits per heavy atom. The topological polar surface area (TPSA) is 49.8 Å². The molecule has 1 atom stereocenters. The zero-order valence-corrected chi connectivity index (χ0v) is 11.7. The lowest BCUT2D eigenvalue weighted by Gasteiger charge is -2.17. The van der Waals surface area contributed by atoms with E-state index in [9.17, 15) is 9.90 Å². The van der Waals surface area contributed by atoms with Gasteiger partial charge in [-0.3, -0.25) is 4.79 Å². The number of carbonyl (C=O) groups excluding carboxylic acids is 1. The van der Waals surface area contributed by atoms with E-state index >= 15 is 0 Å². The summed E-state index contributed by atoms with van der Waals surface area (Å²) in [6.07, 6.45) is 0. The highest BCUT2D eigenvalue weighted by atomic mass is 35.5. The number of carbonyl (C=O) groups is 1. The van der Waals surface area contributed by atoms with Crippen LogP contribution in [-0.2, 0) is 0 Å². The Bertz CT molecular complexity index is 365. The predicted octanol–water partition coefficient (Wildman–Crippen LogP) is 1.47. The predicted molar refractivity (Wildman–Crippen MR) is 73.7 cm³/mol. The lowest BCUT2D eigenvalue weighted by Crippen LogP contribution is -2.30. The summed E-state index contributed by atoms with van der Waals surface area (Å²) in [5.41, 5.74) is 0.603. The quantitative estimate of drug-likeness (QED) is 0.798. The number of methoxy groups -OCH3 is 1. The first-order valence-electron chi connectivity index (χ1n) is 5.52. The summed E-state index contributed by atoms with van der Waals surface area (Å²) in [5, 5.41) is 9.24. The molecule has 0 saturated heterocycles. The zero-order chi connectivity index (χ0) is 12.8. The molecule has 18 heavy (non-hydrogen) atoms. The molecule has 0 heterocycles. The zero-order valence-electron chi connectivity index (χ0n) is 10.9. The fourth-order valence-corrected chi connectivity index (χ4v) is 1.66. The maximum absolute atomic E-state index is 12.1. The van der Waals surface area contributed by atoms with Crippen LogP contribution in [0.25, 0.3) is 0 Å². The number of aliphatic hydroxyl groups is 1. The van der Waals surface area contributed by atoms with Crippen molar-refractivity contribution in [1.29, 1.82) is 0 Å². The second-order valence-corrected chi connectivity index (χ2v) is 4.23. The van der Waals surface area contributed by atoms with Crippen LogP contribution in [0.4, 0.5) is 0 Å². The van der Waals surface area contributed by atoms with Crippen molar-refractivity contribution >= 4 is 18.2 Å². The summed E-state index contributed by atoms with van der Waals surface area (Å²) >= 11 is 0. The summed E-state index contributed by atoms with van der Waals surface area (Å²) in [6.45, 7) is 0.407. The third kappa shape index (κ3) is 4.64. The number of hydrogen-bond acceptors (Lipinski definition) is 4. The molecule has 0 bridgehead atoms. The number of halogens is 1. The van der Waals surface area contributed by atoms with Crippen LogP contribution in [0.3, 0.4) is 0 Å². The van der Waals surface area contributed by atoms with E-state index in [0.717, 1.165) is 5.75 Å². The number of nitrogens with zero attached hydrogens (tertiary/aromatic N) is 1. The van der Waals surface area contributed by atoms with Crippen molar-refractivity contribution in [3.63, 3.8) is 0 Å². The normalized spacial score (nSPS) is 11.8. The van der Waals surface area contributed by atoms with Crippen LogP contribution in [-0.4, -0.2) is 50.1 Å². The minimum atomic E-state index is -0.376. The van der Waals surface area contributed by atoms with Gasteiger partial charge in [0.15, 0.2) is 5.78 Å². The van der Waals surface area contributed by atoms with Crippen molar-refractivity contribution in [3.8, 4) is 5.75 Å². The molecule has 1 aromatic rings. The fourth-order valence-electron chi connectivity index (χ4n) is 1.66. The second kappa shape index (κ2) is 8.08. The Kier molecular flexibility index (Phi) is 7.59. The van der Waals surface area contributed by atoms with Gasteiger partial charge in [0, 0.05) is 12.1 Å². The van der Waals surface area contributed by atoms with Gasteiger partial charge < -0.3 is 14.7 Å². The van der Waals surface area contributed by atoms with Crippen molar-refractivity contribution in [2.24, 2.45) is 5.92 Å². The van der Waals surface area contributed by atoms with Gasteiger partial charge in [-0.2, -0.15) is 0 Å². The highest BCUT2D eigenvalue weighted by Crippen LogP contribution is 2.15. The average molecular weight is 274 g/mol. The number of benzene rings is 1. The Labute approximate surface area is 114 Å². The Morgan fingerprint density at radius 1 is 1.33 bits per heavy atom. The molecule has 0 amide bonds. The number of Topliss-reactive ketones (excluding diaryl/α,β-unsaturated/α-hetero) is 1. The first kappa shape index (κ1) is 16.9. The van der Waals surface area contributed by atoms with E-state index in [1.165, 1.54) is 0 Å². The summed E-state index contributed by atoms with van der Waals surface area (Å²) in [6, 6.07) is 6.94. The van der Waals surface area contributed by atoms with Crippen LogP contribution in [0.2, 0.25) is 0 Å². The Morgan fingerprint density at radius 3 is 2.28 bits per heavy atom. The molecular formula is C13H20ClNO3. The summed E-state index contributed by atoms with van der Waals surface area (Å²) in [7, 11) is 5.34. The molecule has 4 nitrogen and oxygen atoms in total. The van der Waals surface area contributed by atoms with Gasteiger partial charge in [-0.1, -0.05) is 0 Å². The minimum absolute atomic E-state index is 0. The van der Waals surface area contributed by atoms with Gasteiger partial charge in [-0.25, -0.2) is 0 Å². The highest BCUT2D eigenvalue weighted by Gasteiger charge is 2.19. The first-order chi connectivity index (χ1) is 8.08. The minimum Gasteiger partial charge on any atom is -0.497 e. The second-order valence-electron chi connectivity index (χ2n) is 4.23. The molecule has 0 aliphatic heterocycles. The monoisotopic (exact) mass is 273 g/mol.